The molecule has 6 heteroatoms. The van der Waals surface area contributed by atoms with E-state index in [1.165, 1.54) is 6.39 Å². The number of aromatic nitrogens is 4. The Morgan fingerprint density at radius 2 is 2.38 bits per heavy atom. The molecule has 0 aliphatic heterocycles. The van der Waals surface area contributed by atoms with Crippen LogP contribution in [0.2, 0.25) is 0 Å². The Morgan fingerprint density at radius 3 is 3.06 bits per heavy atom. The van der Waals surface area contributed by atoms with Crippen LogP contribution in [0.1, 0.15) is 23.6 Å². The first-order valence-corrected chi connectivity index (χ1v) is 5.18. The van der Waals surface area contributed by atoms with Gasteiger partial charge in [-0.15, -0.1) is 5.10 Å². The van der Waals surface area contributed by atoms with Crippen molar-refractivity contribution in [1.29, 1.82) is 0 Å². The van der Waals surface area contributed by atoms with Crippen molar-refractivity contribution in [1.82, 2.24) is 20.0 Å². The highest BCUT2D eigenvalue weighted by Crippen LogP contribution is 2.06. The van der Waals surface area contributed by atoms with Crippen LogP contribution in [0.5, 0.6) is 0 Å². The Bertz CT molecular complexity index is 449. The van der Waals surface area contributed by atoms with E-state index in [0.717, 1.165) is 23.6 Å². The SMILES string of the molecule is Cc1ocnc1Cn1cc(CCCO)nn1. The lowest BCUT2D eigenvalue weighted by atomic mass is 10.2. The monoisotopic (exact) mass is 222 g/mol. The lowest BCUT2D eigenvalue weighted by Crippen LogP contribution is -2.01. The number of aliphatic hydroxyl groups excluding tert-OH is 1. The van der Waals surface area contributed by atoms with Crippen LogP contribution in [-0.4, -0.2) is 31.7 Å². The molecule has 6 nitrogen and oxygen atoms in total. The molecular formula is C10H14N4O2. The molecule has 0 aliphatic carbocycles. The summed E-state index contributed by atoms with van der Waals surface area (Å²) in [6, 6.07) is 0. The molecule has 0 unspecified atom stereocenters. The molecule has 0 aromatic carbocycles. The fourth-order valence-corrected chi connectivity index (χ4v) is 1.42. The molecule has 0 amide bonds. The van der Waals surface area contributed by atoms with Gasteiger partial charge in [0.25, 0.3) is 0 Å². The summed E-state index contributed by atoms with van der Waals surface area (Å²) in [6.45, 7) is 2.61. The minimum absolute atomic E-state index is 0.176. The van der Waals surface area contributed by atoms with Gasteiger partial charge in [-0.2, -0.15) is 0 Å². The van der Waals surface area contributed by atoms with E-state index in [4.69, 9.17) is 9.52 Å². The summed E-state index contributed by atoms with van der Waals surface area (Å²) in [5.41, 5.74) is 1.74. The third kappa shape index (κ3) is 2.46. The Hall–Kier alpha value is -1.69. The van der Waals surface area contributed by atoms with E-state index in [0.29, 0.717) is 13.0 Å². The van der Waals surface area contributed by atoms with Gasteiger partial charge >= 0.3 is 0 Å². The van der Waals surface area contributed by atoms with Gasteiger partial charge in [-0.1, -0.05) is 5.21 Å². The predicted octanol–water partition coefficient (Wildman–Crippen LogP) is 0.548. The van der Waals surface area contributed by atoms with Crippen molar-refractivity contribution in [3.8, 4) is 0 Å². The summed E-state index contributed by atoms with van der Waals surface area (Å²) in [5, 5.41) is 16.7. The standard InChI is InChI=1S/C10H14N4O2/c1-8-10(11-7-16-8)6-14-5-9(12-13-14)3-2-4-15/h5,7,15H,2-4,6H2,1H3. The highest BCUT2D eigenvalue weighted by atomic mass is 16.3. The molecule has 1 N–H and O–H groups in total. The zero-order valence-electron chi connectivity index (χ0n) is 9.13. The third-order valence-corrected chi connectivity index (χ3v) is 2.33. The summed E-state index contributed by atoms with van der Waals surface area (Å²) in [7, 11) is 0. The van der Waals surface area contributed by atoms with Crippen molar-refractivity contribution in [2.75, 3.05) is 6.61 Å². The first-order chi connectivity index (χ1) is 7.79. The van der Waals surface area contributed by atoms with Crippen LogP contribution in [-0.2, 0) is 13.0 Å². The molecule has 0 atom stereocenters. The molecule has 0 fully saturated rings. The summed E-state index contributed by atoms with van der Waals surface area (Å²) in [5.74, 6) is 0.799. The number of hydrogen-bond donors (Lipinski definition) is 1. The molecule has 16 heavy (non-hydrogen) atoms. The number of hydrogen-bond acceptors (Lipinski definition) is 5. The van der Waals surface area contributed by atoms with Crippen molar-refractivity contribution in [2.24, 2.45) is 0 Å². The maximum Gasteiger partial charge on any atom is 0.181 e. The molecule has 2 aromatic rings. The number of aryl methyl sites for hydroxylation is 2. The van der Waals surface area contributed by atoms with E-state index in [2.05, 4.69) is 15.3 Å². The van der Waals surface area contributed by atoms with E-state index < -0.39 is 0 Å². The van der Waals surface area contributed by atoms with Crippen molar-refractivity contribution in [3.05, 3.63) is 29.7 Å². The molecule has 2 aromatic heterocycles. The summed E-state index contributed by atoms with van der Waals surface area (Å²) >= 11 is 0. The average Bonchev–Trinajstić information content (AvgIpc) is 2.87. The topological polar surface area (TPSA) is 77.0 Å². The molecular weight excluding hydrogens is 208 g/mol. The van der Waals surface area contributed by atoms with Gasteiger partial charge in [0.1, 0.15) is 11.5 Å². The third-order valence-electron chi connectivity index (χ3n) is 2.33. The smallest absolute Gasteiger partial charge is 0.181 e. The van der Waals surface area contributed by atoms with Crippen LogP contribution < -0.4 is 0 Å². The summed E-state index contributed by atoms with van der Waals surface area (Å²) in [4.78, 5) is 4.09. The highest BCUT2D eigenvalue weighted by molar-refractivity contribution is 5.05. The van der Waals surface area contributed by atoms with Crippen molar-refractivity contribution in [2.45, 2.75) is 26.3 Å². The number of aliphatic hydroxyl groups is 1. The fourth-order valence-electron chi connectivity index (χ4n) is 1.42. The Labute approximate surface area is 92.9 Å². The summed E-state index contributed by atoms with van der Waals surface area (Å²) < 4.78 is 6.82. The van der Waals surface area contributed by atoms with Crippen LogP contribution in [0.3, 0.4) is 0 Å². The van der Waals surface area contributed by atoms with Gasteiger partial charge < -0.3 is 9.52 Å². The van der Waals surface area contributed by atoms with Gasteiger partial charge in [-0.3, -0.25) is 0 Å². The van der Waals surface area contributed by atoms with Gasteiger partial charge in [0, 0.05) is 12.8 Å². The minimum Gasteiger partial charge on any atom is -0.448 e. The minimum atomic E-state index is 0.176. The zero-order valence-corrected chi connectivity index (χ0v) is 9.13. The second-order valence-electron chi connectivity index (χ2n) is 3.59. The predicted molar refractivity (Wildman–Crippen MR) is 55.8 cm³/mol. The van der Waals surface area contributed by atoms with E-state index in [1.807, 2.05) is 13.1 Å². The van der Waals surface area contributed by atoms with Gasteiger partial charge in [0.05, 0.1) is 12.2 Å². The molecule has 0 saturated heterocycles. The van der Waals surface area contributed by atoms with Gasteiger partial charge in [-0.05, 0) is 19.8 Å². The van der Waals surface area contributed by atoms with E-state index in [1.54, 1.807) is 4.68 Å². The van der Waals surface area contributed by atoms with Crippen molar-refractivity contribution >= 4 is 0 Å². The van der Waals surface area contributed by atoms with Crippen LogP contribution in [0.25, 0.3) is 0 Å². The fraction of sp³-hybridized carbons (Fsp3) is 0.500. The molecule has 0 aliphatic rings. The zero-order chi connectivity index (χ0) is 11.4. The van der Waals surface area contributed by atoms with Crippen molar-refractivity contribution in [3.63, 3.8) is 0 Å². The first-order valence-electron chi connectivity index (χ1n) is 5.18. The molecule has 0 spiro atoms. The average molecular weight is 222 g/mol. The number of rotatable bonds is 5. The Kier molecular flexibility index (Phi) is 3.31. The lowest BCUT2D eigenvalue weighted by Gasteiger charge is -1.96. The Balaban J connectivity index is 2.00. The van der Waals surface area contributed by atoms with E-state index in [9.17, 15) is 0 Å². The second kappa shape index (κ2) is 4.89. The molecule has 86 valence electrons. The largest absolute Gasteiger partial charge is 0.448 e. The molecule has 2 rings (SSSR count). The van der Waals surface area contributed by atoms with Gasteiger partial charge in [0.2, 0.25) is 0 Å². The molecule has 0 saturated carbocycles. The van der Waals surface area contributed by atoms with Crippen LogP contribution in [0.15, 0.2) is 17.0 Å². The van der Waals surface area contributed by atoms with E-state index in [-0.39, 0.29) is 6.61 Å². The highest BCUT2D eigenvalue weighted by Gasteiger charge is 2.06. The van der Waals surface area contributed by atoms with Gasteiger partial charge in [-0.25, -0.2) is 9.67 Å². The van der Waals surface area contributed by atoms with Crippen molar-refractivity contribution < 1.29 is 9.52 Å². The maximum absolute atomic E-state index is 8.70. The first kappa shape index (κ1) is 10.8. The normalized spacial score (nSPS) is 10.9. The number of oxazole rings is 1. The molecule has 0 bridgehead atoms. The number of nitrogens with zero attached hydrogens (tertiary/aromatic N) is 4. The molecule has 0 radical (unpaired) electrons. The maximum atomic E-state index is 8.70. The Morgan fingerprint density at radius 1 is 1.50 bits per heavy atom. The summed E-state index contributed by atoms with van der Waals surface area (Å²) in [6.07, 6.45) is 4.74. The van der Waals surface area contributed by atoms with Crippen LogP contribution in [0, 0.1) is 6.92 Å². The van der Waals surface area contributed by atoms with Crippen LogP contribution in [0.4, 0.5) is 0 Å². The second-order valence-corrected chi connectivity index (χ2v) is 3.59. The van der Waals surface area contributed by atoms with Crippen LogP contribution >= 0.6 is 0 Å². The quantitative estimate of drug-likeness (QED) is 0.799. The lowest BCUT2D eigenvalue weighted by molar-refractivity contribution is 0.288. The van der Waals surface area contributed by atoms with Gasteiger partial charge in [0.15, 0.2) is 6.39 Å². The molecule has 2 heterocycles. The van der Waals surface area contributed by atoms with E-state index >= 15 is 0 Å².